The van der Waals surface area contributed by atoms with Crippen molar-refractivity contribution in [3.63, 3.8) is 0 Å². The highest BCUT2D eigenvalue weighted by atomic mass is 19.1. The molecule has 19 heavy (non-hydrogen) atoms. The maximum Gasteiger partial charge on any atom is 0.137 e. The molecule has 3 nitrogen and oxygen atoms in total. The van der Waals surface area contributed by atoms with Crippen LogP contribution in [-0.4, -0.2) is 9.38 Å². The molecule has 0 unspecified atom stereocenters. The summed E-state index contributed by atoms with van der Waals surface area (Å²) in [6.07, 6.45) is 3.57. The Hall–Kier alpha value is -2.27. The molecule has 0 radical (unpaired) electrons. The number of fused-ring (bicyclic) bond motifs is 1. The van der Waals surface area contributed by atoms with Crippen LogP contribution in [0.3, 0.4) is 0 Å². The first-order valence-corrected chi connectivity index (χ1v) is 5.80. The predicted molar refractivity (Wildman–Crippen MR) is 68.4 cm³/mol. The van der Waals surface area contributed by atoms with E-state index in [0.717, 1.165) is 11.6 Å². The molecule has 1 aromatic carbocycles. The molecule has 0 saturated heterocycles. The zero-order valence-electron chi connectivity index (χ0n) is 9.98. The molecule has 0 spiro atoms. The van der Waals surface area contributed by atoms with Gasteiger partial charge in [0.05, 0.1) is 5.69 Å². The van der Waals surface area contributed by atoms with E-state index < -0.39 is 11.6 Å². The molecule has 0 aliphatic heterocycles. The molecule has 0 bridgehead atoms. The van der Waals surface area contributed by atoms with Crippen LogP contribution >= 0.6 is 0 Å². The summed E-state index contributed by atoms with van der Waals surface area (Å²) in [5, 5.41) is 0. The second-order valence-corrected chi connectivity index (χ2v) is 4.29. The van der Waals surface area contributed by atoms with Crippen molar-refractivity contribution in [1.29, 1.82) is 0 Å². The number of imidazole rings is 1. The molecular formula is C14H11F2N3. The molecular weight excluding hydrogens is 248 g/mol. The first-order valence-electron chi connectivity index (χ1n) is 5.80. The molecule has 2 N–H and O–H groups in total. The van der Waals surface area contributed by atoms with Crippen LogP contribution in [0.5, 0.6) is 0 Å². The lowest BCUT2D eigenvalue weighted by Crippen LogP contribution is -1.97. The Morgan fingerprint density at radius 1 is 1.05 bits per heavy atom. The summed E-state index contributed by atoms with van der Waals surface area (Å²) in [7, 11) is 0. The van der Waals surface area contributed by atoms with E-state index in [9.17, 15) is 8.78 Å². The summed E-state index contributed by atoms with van der Waals surface area (Å²) in [6, 6.07) is 7.05. The highest BCUT2D eigenvalue weighted by Gasteiger charge is 2.07. The van der Waals surface area contributed by atoms with E-state index in [1.54, 1.807) is 10.6 Å². The fourth-order valence-corrected chi connectivity index (χ4v) is 2.00. The third-order valence-corrected chi connectivity index (χ3v) is 2.91. The second-order valence-electron chi connectivity index (χ2n) is 4.29. The minimum absolute atomic E-state index is 0.412. The summed E-state index contributed by atoms with van der Waals surface area (Å²) in [5.74, 6) is -1.23. The van der Waals surface area contributed by atoms with Gasteiger partial charge in [-0.1, -0.05) is 6.07 Å². The normalized spacial score (nSPS) is 11.1. The molecule has 0 aliphatic rings. The van der Waals surface area contributed by atoms with Crippen molar-refractivity contribution in [2.75, 3.05) is 0 Å². The number of benzene rings is 1. The fraction of sp³-hybridized carbons (Fsp3) is 0.0714. The molecule has 3 aromatic rings. The minimum atomic E-state index is -0.616. The predicted octanol–water partition coefficient (Wildman–Crippen LogP) is 2.74. The third-order valence-electron chi connectivity index (χ3n) is 2.91. The number of pyridine rings is 1. The lowest BCUT2D eigenvalue weighted by atomic mass is 10.1. The maximum atomic E-state index is 13.2. The Kier molecular flexibility index (Phi) is 2.76. The molecule has 2 heterocycles. The van der Waals surface area contributed by atoms with Gasteiger partial charge in [0.1, 0.15) is 17.3 Å². The van der Waals surface area contributed by atoms with E-state index in [-0.39, 0.29) is 0 Å². The Bertz CT molecular complexity index is 729. The summed E-state index contributed by atoms with van der Waals surface area (Å²) in [6.45, 7) is 0.429. The average molecular weight is 259 g/mol. The van der Waals surface area contributed by atoms with Crippen LogP contribution in [-0.2, 0) is 6.54 Å². The average Bonchev–Trinajstić information content (AvgIpc) is 2.80. The molecule has 5 heteroatoms. The van der Waals surface area contributed by atoms with Gasteiger partial charge in [-0.25, -0.2) is 13.8 Å². The standard InChI is InChI=1S/C14H11F2N3/c15-11-3-10(4-12(16)5-11)13-8-19-7-9(6-17)1-2-14(19)18-13/h1-5,7-8H,6,17H2. The molecule has 96 valence electrons. The van der Waals surface area contributed by atoms with Crippen LogP contribution in [0.25, 0.3) is 16.9 Å². The van der Waals surface area contributed by atoms with Gasteiger partial charge in [0, 0.05) is 30.6 Å². The molecule has 3 rings (SSSR count). The largest absolute Gasteiger partial charge is 0.326 e. The number of hydrogen-bond acceptors (Lipinski definition) is 2. The minimum Gasteiger partial charge on any atom is -0.326 e. The summed E-state index contributed by atoms with van der Waals surface area (Å²) < 4.78 is 28.2. The maximum absolute atomic E-state index is 13.2. The van der Waals surface area contributed by atoms with Gasteiger partial charge >= 0.3 is 0 Å². The van der Waals surface area contributed by atoms with Crippen LogP contribution < -0.4 is 5.73 Å². The molecule has 0 aliphatic carbocycles. The third kappa shape index (κ3) is 2.20. The van der Waals surface area contributed by atoms with E-state index in [4.69, 9.17) is 5.73 Å². The number of rotatable bonds is 2. The number of halogens is 2. The Morgan fingerprint density at radius 2 is 1.79 bits per heavy atom. The lowest BCUT2D eigenvalue weighted by molar-refractivity contribution is 0.584. The monoisotopic (exact) mass is 259 g/mol. The van der Waals surface area contributed by atoms with Gasteiger partial charge in [0.2, 0.25) is 0 Å². The van der Waals surface area contributed by atoms with Gasteiger partial charge in [-0.3, -0.25) is 0 Å². The first kappa shape index (κ1) is 11.8. The van der Waals surface area contributed by atoms with Gasteiger partial charge in [-0.15, -0.1) is 0 Å². The molecule has 0 atom stereocenters. The summed E-state index contributed by atoms with van der Waals surface area (Å²) in [4.78, 5) is 4.33. The summed E-state index contributed by atoms with van der Waals surface area (Å²) in [5.41, 5.74) is 8.16. The number of hydrogen-bond donors (Lipinski definition) is 1. The lowest BCUT2D eigenvalue weighted by Gasteiger charge is -1.97. The van der Waals surface area contributed by atoms with Crippen molar-refractivity contribution in [2.45, 2.75) is 6.54 Å². The van der Waals surface area contributed by atoms with Crippen molar-refractivity contribution >= 4 is 5.65 Å². The smallest absolute Gasteiger partial charge is 0.137 e. The van der Waals surface area contributed by atoms with Crippen molar-refractivity contribution in [3.05, 3.63) is 59.9 Å². The van der Waals surface area contributed by atoms with E-state index in [0.29, 0.717) is 23.4 Å². The quantitative estimate of drug-likeness (QED) is 0.769. The Balaban J connectivity index is 2.14. The Labute approximate surface area is 108 Å². The second kappa shape index (κ2) is 4.44. The highest BCUT2D eigenvalue weighted by Crippen LogP contribution is 2.21. The number of aromatic nitrogens is 2. The van der Waals surface area contributed by atoms with E-state index in [1.807, 2.05) is 18.3 Å². The van der Waals surface area contributed by atoms with Gasteiger partial charge in [-0.05, 0) is 23.8 Å². The van der Waals surface area contributed by atoms with Crippen LogP contribution in [0.1, 0.15) is 5.56 Å². The van der Waals surface area contributed by atoms with Crippen molar-refractivity contribution in [2.24, 2.45) is 5.73 Å². The van der Waals surface area contributed by atoms with E-state index in [2.05, 4.69) is 4.98 Å². The van der Waals surface area contributed by atoms with E-state index in [1.165, 1.54) is 12.1 Å². The molecule has 0 fully saturated rings. The van der Waals surface area contributed by atoms with E-state index >= 15 is 0 Å². The fourth-order valence-electron chi connectivity index (χ4n) is 2.00. The van der Waals surface area contributed by atoms with Crippen molar-refractivity contribution in [1.82, 2.24) is 9.38 Å². The van der Waals surface area contributed by atoms with Crippen LogP contribution in [0.2, 0.25) is 0 Å². The van der Waals surface area contributed by atoms with Gasteiger partial charge in [0.15, 0.2) is 0 Å². The highest BCUT2D eigenvalue weighted by molar-refractivity contribution is 5.62. The van der Waals surface area contributed by atoms with Crippen molar-refractivity contribution in [3.8, 4) is 11.3 Å². The number of nitrogens with zero attached hydrogens (tertiary/aromatic N) is 2. The molecule has 0 saturated carbocycles. The van der Waals surface area contributed by atoms with Gasteiger partial charge < -0.3 is 10.1 Å². The number of nitrogens with two attached hydrogens (primary N) is 1. The van der Waals surface area contributed by atoms with Crippen LogP contribution in [0, 0.1) is 11.6 Å². The SMILES string of the molecule is NCc1ccc2nc(-c3cc(F)cc(F)c3)cn2c1. The topological polar surface area (TPSA) is 43.3 Å². The van der Waals surface area contributed by atoms with Crippen molar-refractivity contribution < 1.29 is 8.78 Å². The molecule has 0 amide bonds. The zero-order valence-corrected chi connectivity index (χ0v) is 9.98. The van der Waals surface area contributed by atoms with Gasteiger partial charge in [-0.2, -0.15) is 0 Å². The van der Waals surface area contributed by atoms with Crippen LogP contribution in [0.15, 0.2) is 42.7 Å². The Morgan fingerprint density at radius 3 is 2.47 bits per heavy atom. The molecule has 2 aromatic heterocycles. The zero-order chi connectivity index (χ0) is 13.4. The summed E-state index contributed by atoms with van der Waals surface area (Å²) >= 11 is 0. The van der Waals surface area contributed by atoms with Crippen LogP contribution in [0.4, 0.5) is 8.78 Å². The van der Waals surface area contributed by atoms with Gasteiger partial charge in [0.25, 0.3) is 0 Å². The first-order chi connectivity index (χ1) is 9.15.